The van der Waals surface area contributed by atoms with Crippen molar-refractivity contribution in [1.29, 1.82) is 0 Å². The summed E-state index contributed by atoms with van der Waals surface area (Å²) in [6.45, 7) is 0. The standard InChI is InChI=1S/C13H5F5N2S/c14-6-1-2-9-12(11(6)18)20(13(21)19-9)5-3-7(15)10(17)8(16)4-5/h1-4H,(H,19,21). The Morgan fingerprint density at radius 1 is 0.857 bits per heavy atom. The molecule has 1 aromatic heterocycles. The molecule has 0 bridgehead atoms. The molecule has 0 spiro atoms. The Hall–Kier alpha value is -2.22. The van der Waals surface area contributed by atoms with Crippen LogP contribution >= 0.6 is 12.2 Å². The molecule has 0 radical (unpaired) electrons. The van der Waals surface area contributed by atoms with E-state index in [1.54, 1.807) is 0 Å². The lowest BCUT2D eigenvalue weighted by atomic mass is 10.2. The van der Waals surface area contributed by atoms with Crippen molar-refractivity contribution in [3.05, 3.63) is 58.1 Å². The molecular weight excluding hydrogens is 311 g/mol. The van der Waals surface area contributed by atoms with Gasteiger partial charge in [-0.3, -0.25) is 4.57 Å². The Balaban J connectivity index is 2.43. The molecule has 0 unspecified atom stereocenters. The number of benzene rings is 2. The Labute approximate surface area is 119 Å². The number of H-pyrrole nitrogens is 1. The van der Waals surface area contributed by atoms with E-state index in [-0.39, 0.29) is 21.5 Å². The lowest BCUT2D eigenvalue weighted by molar-refractivity contribution is 0.446. The van der Waals surface area contributed by atoms with Gasteiger partial charge in [-0.25, -0.2) is 22.0 Å². The largest absolute Gasteiger partial charge is 0.330 e. The van der Waals surface area contributed by atoms with E-state index in [1.165, 1.54) is 6.07 Å². The van der Waals surface area contributed by atoms with Gasteiger partial charge in [0.15, 0.2) is 33.9 Å². The zero-order chi connectivity index (χ0) is 15.3. The van der Waals surface area contributed by atoms with Crippen LogP contribution in [-0.4, -0.2) is 9.55 Å². The molecule has 2 aromatic carbocycles. The molecule has 0 saturated heterocycles. The van der Waals surface area contributed by atoms with Gasteiger partial charge in [-0.05, 0) is 24.4 Å². The summed E-state index contributed by atoms with van der Waals surface area (Å²) in [5, 5.41) is 0. The van der Waals surface area contributed by atoms with Gasteiger partial charge in [-0.2, -0.15) is 0 Å². The summed E-state index contributed by atoms with van der Waals surface area (Å²) in [4.78, 5) is 2.58. The maximum absolute atomic E-state index is 13.9. The number of fused-ring (bicyclic) bond motifs is 1. The fourth-order valence-corrected chi connectivity index (χ4v) is 2.36. The van der Waals surface area contributed by atoms with Gasteiger partial charge in [0, 0.05) is 12.1 Å². The van der Waals surface area contributed by atoms with Crippen LogP contribution in [0.1, 0.15) is 0 Å². The van der Waals surface area contributed by atoms with Gasteiger partial charge in [0.1, 0.15) is 5.52 Å². The maximum atomic E-state index is 13.9. The molecule has 2 nitrogen and oxygen atoms in total. The lowest BCUT2D eigenvalue weighted by Gasteiger charge is -2.07. The second-order valence-corrected chi connectivity index (χ2v) is 4.63. The molecule has 0 saturated carbocycles. The average Bonchev–Trinajstić information content (AvgIpc) is 2.77. The number of aromatic amines is 1. The Morgan fingerprint density at radius 2 is 1.48 bits per heavy atom. The second-order valence-electron chi connectivity index (χ2n) is 4.25. The second kappa shape index (κ2) is 4.66. The van der Waals surface area contributed by atoms with Crippen molar-refractivity contribution in [1.82, 2.24) is 9.55 Å². The van der Waals surface area contributed by atoms with E-state index in [9.17, 15) is 22.0 Å². The van der Waals surface area contributed by atoms with Crippen molar-refractivity contribution in [2.75, 3.05) is 0 Å². The van der Waals surface area contributed by atoms with E-state index in [0.29, 0.717) is 12.1 Å². The van der Waals surface area contributed by atoms with E-state index < -0.39 is 29.1 Å². The highest BCUT2D eigenvalue weighted by Gasteiger charge is 2.18. The summed E-state index contributed by atoms with van der Waals surface area (Å²) in [7, 11) is 0. The molecule has 3 rings (SSSR count). The number of nitrogens with one attached hydrogen (secondary N) is 1. The first-order chi connectivity index (χ1) is 9.90. The first-order valence-electron chi connectivity index (χ1n) is 5.64. The third-order valence-electron chi connectivity index (χ3n) is 2.96. The average molecular weight is 316 g/mol. The molecule has 108 valence electrons. The van der Waals surface area contributed by atoms with E-state index in [0.717, 1.165) is 10.6 Å². The van der Waals surface area contributed by atoms with Crippen molar-refractivity contribution >= 4 is 23.3 Å². The van der Waals surface area contributed by atoms with Crippen LogP contribution in [0.3, 0.4) is 0 Å². The number of aromatic nitrogens is 2. The molecule has 0 fully saturated rings. The number of imidazole rings is 1. The lowest BCUT2D eigenvalue weighted by Crippen LogP contribution is -2.01. The first-order valence-corrected chi connectivity index (χ1v) is 6.04. The zero-order valence-electron chi connectivity index (χ0n) is 10.1. The van der Waals surface area contributed by atoms with Crippen LogP contribution in [0.4, 0.5) is 22.0 Å². The maximum Gasteiger partial charge on any atom is 0.194 e. The van der Waals surface area contributed by atoms with Gasteiger partial charge >= 0.3 is 0 Å². The SMILES string of the molecule is Fc1cc(-n2c(=S)[nH]c3ccc(F)c(F)c32)cc(F)c1F. The number of rotatable bonds is 1. The Bertz CT molecular complexity index is 905. The fraction of sp³-hybridized carbons (Fsp3) is 0. The van der Waals surface area contributed by atoms with Crippen molar-refractivity contribution in [3.63, 3.8) is 0 Å². The molecule has 0 aliphatic carbocycles. The number of hydrogen-bond acceptors (Lipinski definition) is 1. The molecule has 0 amide bonds. The molecule has 3 aromatic rings. The number of nitrogens with zero attached hydrogens (tertiary/aromatic N) is 1. The summed E-state index contributed by atoms with van der Waals surface area (Å²) in [6, 6.07) is 3.41. The third kappa shape index (κ3) is 2.02. The molecule has 1 heterocycles. The van der Waals surface area contributed by atoms with E-state index >= 15 is 0 Å². The molecule has 1 N–H and O–H groups in total. The summed E-state index contributed by atoms with van der Waals surface area (Å²) in [5.74, 6) is -6.95. The van der Waals surface area contributed by atoms with Gasteiger partial charge in [0.2, 0.25) is 0 Å². The summed E-state index contributed by atoms with van der Waals surface area (Å²) in [6.07, 6.45) is 0. The van der Waals surface area contributed by atoms with Crippen molar-refractivity contribution in [2.45, 2.75) is 0 Å². The monoisotopic (exact) mass is 316 g/mol. The van der Waals surface area contributed by atoms with Crippen LogP contribution in [0.25, 0.3) is 16.7 Å². The predicted octanol–water partition coefficient (Wildman–Crippen LogP) is 4.38. The van der Waals surface area contributed by atoms with Crippen molar-refractivity contribution < 1.29 is 22.0 Å². The minimum absolute atomic E-state index is 0.111. The Morgan fingerprint density at radius 3 is 2.10 bits per heavy atom. The molecule has 8 heteroatoms. The normalized spacial score (nSPS) is 11.3. The van der Waals surface area contributed by atoms with Crippen molar-refractivity contribution in [2.24, 2.45) is 0 Å². The van der Waals surface area contributed by atoms with Crippen LogP contribution in [0.5, 0.6) is 0 Å². The van der Waals surface area contributed by atoms with Crippen LogP contribution in [0.2, 0.25) is 0 Å². The third-order valence-corrected chi connectivity index (χ3v) is 3.25. The fourth-order valence-electron chi connectivity index (χ4n) is 2.05. The summed E-state index contributed by atoms with van der Waals surface area (Å²) in [5.41, 5.74) is -0.429. The highest BCUT2D eigenvalue weighted by Crippen LogP contribution is 2.25. The Kier molecular flexibility index (Phi) is 3.05. The topological polar surface area (TPSA) is 20.7 Å². The van der Waals surface area contributed by atoms with Crippen LogP contribution in [0.15, 0.2) is 24.3 Å². The van der Waals surface area contributed by atoms with Gasteiger partial charge in [-0.15, -0.1) is 0 Å². The minimum atomic E-state index is -1.66. The minimum Gasteiger partial charge on any atom is -0.330 e. The smallest absolute Gasteiger partial charge is 0.194 e. The molecule has 0 atom stereocenters. The van der Waals surface area contributed by atoms with Crippen LogP contribution in [-0.2, 0) is 0 Å². The molecule has 0 aliphatic rings. The summed E-state index contributed by atoms with van der Waals surface area (Å²) < 4.78 is 67.6. The van der Waals surface area contributed by atoms with E-state index in [4.69, 9.17) is 12.2 Å². The number of halogens is 5. The summed E-state index contributed by atoms with van der Waals surface area (Å²) >= 11 is 4.94. The van der Waals surface area contributed by atoms with Gasteiger partial charge in [0.05, 0.1) is 11.2 Å². The number of hydrogen-bond donors (Lipinski definition) is 1. The van der Waals surface area contributed by atoms with E-state index in [2.05, 4.69) is 4.98 Å². The highest BCUT2D eigenvalue weighted by molar-refractivity contribution is 7.71. The predicted molar refractivity (Wildman–Crippen MR) is 68.2 cm³/mol. The van der Waals surface area contributed by atoms with Crippen LogP contribution in [0, 0.1) is 33.9 Å². The molecule has 0 aliphatic heterocycles. The van der Waals surface area contributed by atoms with Gasteiger partial charge in [0.25, 0.3) is 0 Å². The van der Waals surface area contributed by atoms with Crippen molar-refractivity contribution in [3.8, 4) is 5.69 Å². The zero-order valence-corrected chi connectivity index (χ0v) is 10.9. The molecule has 21 heavy (non-hydrogen) atoms. The first kappa shape index (κ1) is 13.7. The molecular formula is C13H5F5N2S. The van der Waals surface area contributed by atoms with Gasteiger partial charge in [-0.1, -0.05) is 0 Å². The van der Waals surface area contributed by atoms with Crippen LogP contribution < -0.4 is 0 Å². The highest BCUT2D eigenvalue weighted by atomic mass is 32.1. The quantitative estimate of drug-likeness (QED) is 0.401. The van der Waals surface area contributed by atoms with E-state index in [1.807, 2.05) is 0 Å². The van der Waals surface area contributed by atoms with Gasteiger partial charge < -0.3 is 4.98 Å².